The van der Waals surface area contributed by atoms with Crippen molar-refractivity contribution in [2.24, 2.45) is 5.10 Å². The van der Waals surface area contributed by atoms with Gasteiger partial charge in [-0.1, -0.05) is 60.1 Å². The first-order chi connectivity index (χ1) is 14.2. The Hall–Kier alpha value is -3.31. The van der Waals surface area contributed by atoms with Gasteiger partial charge in [0.05, 0.1) is 23.0 Å². The van der Waals surface area contributed by atoms with Crippen molar-refractivity contribution in [1.29, 1.82) is 0 Å². The number of halogens is 1. The maximum absolute atomic E-state index is 13.3. The summed E-state index contributed by atoms with van der Waals surface area (Å²) < 4.78 is 6.42. The maximum Gasteiger partial charge on any atom is 0.306 e. The molecule has 3 aliphatic heterocycles. The molecule has 3 aromatic carbocycles. The molecule has 0 saturated heterocycles. The number of amides is 1. The molecule has 6 heteroatoms. The SMILES string of the molecule is O=C1Nc2ccc(Cl)cc2[C@@]12Oc1ccccc1[C@H]1CC(c3ccccc3)=NN12. The number of rotatable bonds is 1. The summed E-state index contributed by atoms with van der Waals surface area (Å²) in [7, 11) is 0. The molecule has 0 fully saturated rings. The van der Waals surface area contributed by atoms with Crippen molar-refractivity contribution in [2.45, 2.75) is 18.2 Å². The number of benzene rings is 3. The van der Waals surface area contributed by atoms with Gasteiger partial charge in [0.15, 0.2) is 0 Å². The van der Waals surface area contributed by atoms with Gasteiger partial charge in [-0.15, -0.1) is 0 Å². The first kappa shape index (κ1) is 16.6. The van der Waals surface area contributed by atoms with Gasteiger partial charge in [-0.2, -0.15) is 5.10 Å². The van der Waals surface area contributed by atoms with Gasteiger partial charge < -0.3 is 10.1 Å². The highest BCUT2D eigenvalue weighted by molar-refractivity contribution is 6.31. The van der Waals surface area contributed by atoms with Crippen molar-refractivity contribution in [3.63, 3.8) is 0 Å². The summed E-state index contributed by atoms with van der Waals surface area (Å²) in [6.07, 6.45) is 0.690. The number of hydrogen-bond acceptors (Lipinski definition) is 4. The second-order valence-corrected chi connectivity index (χ2v) is 7.84. The van der Waals surface area contributed by atoms with Crippen LogP contribution < -0.4 is 10.1 Å². The zero-order valence-corrected chi connectivity index (χ0v) is 16.1. The fraction of sp³-hybridized carbons (Fsp3) is 0.130. The molecule has 0 radical (unpaired) electrons. The van der Waals surface area contributed by atoms with Crippen LogP contribution in [0.4, 0.5) is 5.69 Å². The Morgan fingerprint density at radius 2 is 1.86 bits per heavy atom. The van der Waals surface area contributed by atoms with Crippen LogP contribution in [-0.2, 0) is 10.5 Å². The molecule has 0 aliphatic carbocycles. The van der Waals surface area contributed by atoms with E-state index in [1.54, 1.807) is 18.2 Å². The van der Waals surface area contributed by atoms with E-state index in [1.165, 1.54) is 0 Å². The monoisotopic (exact) mass is 401 g/mol. The van der Waals surface area contributed by atoms with E-state index >= 15 is 0 Å². The Morgan fingerprint density at radius 3 is 2.72 bits per heavy atom. The summed E-state index contributed by atoms with van der Waals surface area (Å²) in [6, 6.07) is 23.1. The minimum Gasteiger partial charge on any atom is -0.453 e. The summed E-state index contributed by atoms with van der Waals surface area (Å²) >= 11 is 6.29. The smallest absolute Gasteiger partial charge is 0.306 e. The fourth-order valence-corrected chi connectivity index (χ4v) is 4.64. The molecule has 29 heavy (non-hydrogen) atoms. The van der Waals surface area contributed by atoms with Crippen LogP contribution in [0, 0.1) is 0 Å². The fourth-order valence-electron chi connectivity index (χ4n) is 4.47. The zero-order chi connectivity index (χ0) is 19.6. The number of anilines is 1. The van der Waals surface area contributed by atoms with Gasteiger partial charge in [-0.05, 0) is 29.8 Å². The summed E-state index contributed by atoms with van der Waals surface area (Å²) in [5.41, 5.74) is 3.00. The molecule has 0 bridgehead atoms. The van der Waals surface area contributed by atoms with E-state index in [1.807, 2.05) is 59.6 Å². The normalized spacial score (nSPS) is 23.8. The van der Waals surface area contributed by atoms with Crippen molar-refractivity contribution in [3.8, 4) is 5.75 Å². The predicted octanol–water partition coefficient (Wildman–Crippen LogP) is 4.69. The predicted molar refractivity (Wildman–Crippen MR) is 111 cm³/mol. The zero-order valence-electron chi connectivity index (χ0n) is 15.3. The summed E-state index contributed by atoms with van der Waals surface area (Å²) in [5.74, 6) is 0.438. The van der Waals surface area contributed by atoms with Crippen LogP contribution in [0.15, 0.2) is 77.9 Å². The molecular weight excluding hydrogens is 386 g/mol. The van der Waals surface area contributed by atoms with Gasteiger partial charge >= 0.3 is 5.72 Å². The molecule has 0 aromatic heterocycles. The summed E-state index contributed by atoms with van der Waals surface area (Å²) in [4.78, 5) is 13.3. The molecule has 142 valence electrons. The number of hydrazone groups is 1. The van der Waals surface area contributed by atoms with Crippen LogP contribution in [0.25, 0.3) is 0 Å². The van der Waals surface area contributed by atoms with E-state index < -0.39 is 5.72 Å². The third-order valence-electron chi connectivity index (χ3n) is 5.78. The van der Waals surface area contributed by atoms with Crippen molar-refractivity contribution in [3.05, 3.63) is 94.5 Å². The summed E-state index contributed by atoms with van der Waals surface area (Å²) in [5, 5.41) is 10.2. The highest BCUT2D eigenvalue weighted by Crippen LogP contribution is 2.54. The minimum atomic E-state index is -1.38. The van der Waals surface area contributed by atoms with Crippen molar-refractivity contribution in [1.82, 2.24) is 5.01 Å². The first-order valence-electron chi connectivity index (χ1n) is 9.48. The van der Waals surface area contributed by atoms with Crippen LogP contribution in [0.2, 0.25) is 5.02 Å². The molecule has 3 aliphatic rings. The van der Waals surface area contributed by atoms with Crippen LogP contribution in [0.5, 0.6) is 5.75 Å². The molecule has 6 rings (SSSR count). The van der Waals surface area contributed by atoms with Crippen LogP contribution in [0.1, 0.15) is 29.2 Å². The van der Waals surface area contributed by atoms with Crippen LogP contribution >= 0.6 is 11.6 Å². The summed E-state index contributed by atoms with van der Waals surface area (Å²) in [6.45, 7) is 0. The lowest BCUT2D eigenvalue weighted by molar-refractivity contribution is -0.161. The highest BCUT2D eigenvalue weighted by Gasteiger charge is 2.60. The van der Waals surface area contributed by atoms with Gasteiger partial charge in [-0.25, -0.2) is 5.01 Å². The third kappa shape index (κ3) is 2.22. The van der Waals surface area contributed by atoms with E-state index in [-0.39, 0.29) is 11.9 Å². The van der Waals surface area contributed by atoms with E-state index in [2.05, 4.69) is 5.32 Å². The topological polar surface area (TPSA) is 53.9 Å². The second kappa shape index (κ2) is 5.84. The standard InChI is InChI=1S/C23H16ClN3O2/c24-15-10-11-18-17(12-15)23(22(28)25-18)27-20(16-8-4-5-9-21(16)29-23)13-19(26-27)14-6-2-1-3-7-14/h1-12,20H,13H2,(H,25,28)/t20-,23-/m1/s1. The van der Waals surface area contributed by atoms with Crippen molar-refractivity contribution < 1.29 is 9.53 Å². The van der Waals surface area contributed by atoms with Crippen LogP contribution in [0.3, 0.4) is 0 Å². The lowest BCUT2D eigenvalue weighted by Gasteiger charge is -2.44. The van der Waals surface area contributed by atoms with Gasteiger partial charge in [0.2, 0.25) is 0 Å². The minimum absolute atomic E-state index is 0.106. The molecule has 0 saturated carbocycles. The lowest BCUT2D eigenvalue weighted by Crippen LogP contribution is -2.55. The number of carbonyl (C=O) groups excluding carboxylic acids is 1. The van der Waals surface area contributed by atoms with Gasteiger partial charge in [-0.3, -0.25) is 4.79 Å². The largest absolute Gasteiger partial charge is 0.453 e. The van der Waals surface area contributed by atoms with E-state index in [9.17, 15) is 4.79 Å². The van der Waals surface area contributed by atoms with Crippen molar-refractivity contribution >= 4 is 28.9 Å². The van der Waals surface area contributed by atoms with E-state index in [0.29, 0.717) is 28.4 Å². The molecule has 5 nitrogen and oxygen atoms in total. The Labute approximate surface area is 172 Å². The lowest BCUT2D eigenvalue weighted by atomic mass is 9.92. The molecular formula is C23H16ClN3O2. The Morgan fingerprint density at radius 1 is 1.07 bits per heavy atom. The molecule has 0 unspecified atom stereocenters. The molecule has 3 aromatic rings. The number of para-hydroxylation sites is 1. The number of nitrogens with zero attached hydrogens (tertiary/aromatic N) is 2. The van der Waals surface area contributed by atoms with Gasteiger partial charge in [0, 0.05) is 17.0 Å². The first-order valence-corrected chi connectivity index (χ1v) is 9.86. The average Bonchev–Trinajstić information content (AvgIpc) is 3.31. The van der Waals surface area contributed by atoms with E-state index in [4.69, 9.17) is 21.4 Å². The average molecular weight is 402 g/mol. The number of carbonyl (C=O) groups is 1. The van der Waals surface area contributed by atoms with E-state index in [0.717, 1.165) is 16.8 Å². The molecule has 1 spiro atoms. The number of nitrogens with one attached hydrogen (secondary N) is 1. The number of fused-ring (bicyclic) bond motifs is 6. The molecule has 2 atom stereocenters. The second-order valence-electron chi connectivity index (χ2n) is 7.41. The molecule has 1 N–H and O–H groups in total. The number of ether oxygens (including phenoxy) is 1. The Balaban J connectivity index is 1.59. The molecule has 3 heterocycles. The van der Waals surface area contributed by atoms with Gasteiger partial charge in [0.25, 0.3) is 5.91 Å². The van der Waals surface area contributed by atoms with Crippen molar-refractivity contribution in [2.75, 3.05) is 5.32 Å². The van der Waals surface area contributed by atoms with Crippen LogP contribution in [-0.4, -0.2) is 16.6 Å². The molecule has 1 amide bonds. The quantitative estimate of drug-likeness (QED) is 0.643. The number of hydrogen-bond donors (Lipinski definition) is 1. The Bertz CT molecular complexity index is 1190. The maximum atomic E-state index is 13.3. The third-order valence-corrected chi connectivity index (χ3v) is 6.01. The van der Waals surface area contributed by atoms with Gasteiger partial charge in [0.1, 0.15) is 5.75 Å². The Kier molecular flexibility index (Phi) is 3.35. The highest BCUT2D eigenvalue weighted by atomic mass is 35.5.